The number of amidine groups is 1. The lowest BCUT2D eigenvalue weighted by atomic mass is 10.2. The van der Waals surface area contributed by atoms with E-state index in [1.165, 1.54) is 25.1 Å². The Hall–Kier alpha value is -3.13. The fourth-order valence-electron chi connectivity index (χ4n) is 2.11. The Morgan fingerprint density at radius 2 is 2.00 bits per heavy atom. The molecule has 0 saturated carbocycles. The second-order valence-corrected chi connectivity index (χ2v) is 6.12. The van der Waals surface area contributed by atoms with Crippen molar-refractivity contribution >= 4 is 35.0 Å². The molecule has 0 spiro atoms. The van der Waals surface area contributed by atoms with Gasteiger partial charge in [-0.3, -0.25) is 4.79 Å². The molecule has 0 radical (unpaired) electrons. The van der Waals surface area contributed by atoms with E-state index in [4.69, 9.17) is 9.47 Å². The van der Waals surface area contributed by atoms with Crippen molar-refractivity contribution in [3.8, 4) is 11.5 Å². The predicted molar refractivity (Wildman–Crippen MR) is 100 cm³/mol. The van der Waals surface area contributed by atoms with Crippen LogP contribution in [0.15, 0.2) is 58.7 Å². The number of benzene rings is 2. The van der Waals surface area contributed by atoms with Gasteiger partial charge >= 0.3 is 5.97 Å². The summed E-state index contributed by atoms with van der Waals surface area (Å²) >= 11 is 1.29. The van der Waals surface area contributed by atoms with Crippen molar-refractivity contribution in [1.82, 2.24) is 5.32 Å². The van der Waals surface area contributed by atoms with Gasteiger partial charge in [0.25, 0.3) is 0 Å². The molecule has 8 heteroatoms. The number of hydrogen-bond donors (Lipinski definition) is 1. The number of thioether (sulfide) groups is 1. The Morgan fingerprint density at radius 1 is 1.19 bits per heavy atom. The van der Waals surface area contributed by atoms with E-state index >= 15 is 0 Å². The van der Waals surface area contributed by atoms with Crippen molar-refractivity contribution < 1.29 is 19.1 Å². The number of rotatable bonds is 5. The van der Waals surface area contributed by atoms with Gasteiger partial charge in [0.05, 0.1) is 24.6 Å². The lowest BCUT2D eigenvalue weighted by molar-refractivity contribution is -0.116. The number of nitrogens with one attached hydrogen (secondary N) is 1. The Kier molecular flexibility index (Phi) is 5.65. The first-order valence-corrected chi connectivity index (χ1v) is 8.63. The molecule has 0 unspecified atom stereocenters. The van der Waals surface area contributed by atoms with Gasteiger partial charge in [0.1, 0.15) is 0 Å². The molecule has 2 aromatic rings. The van der Waals surface area contributed by atoms with E-state index in [0.29, 0.717) is 33.5 Å². The maximum atomic E-state index is 12.2. The number of carbonyl (C=O) groups is 2. The zero-order valence-corrected chi connectivity index (χ0v) is 14.7. The molecule has 7 nitrogen and oxygen atoms in total. The number of esters is 1. The van der Waals surface area contributed by atoms with Crippen LogP contribution in [0.1, 0.15) is 15.9 Å². The van der Waals surface area contributed by atoms with Crippen LogP contribution in [0.25, 0.3) is 0 Å². The van der Waals surface area contributed by atoms with E-state index in [1.807, 2.05) is 6.07 Å². The molecule has 3 rings (SSSR count). The van der Waals surface area contributed by atoms with E-state index in [1.54, 1.807) is 42.5 Å². The van der Waals surface area contributed by atoms with Crippen LogP contribution in [0.3, 0.4) is 0 Å². The molecule has 0 bridgehead atoms. The highest BCUT2D eigenvalue weighted by Gasteiger charge is 2.16. The number of carbonyl (C=O) groups excluding carboxylic acids is 2. The molecule has 1 heterocycles. The molecule has 1 fully saturated rings. The second kappa shape index (κ2) is 8.30. The van der Waals surface area contributed by atoms with Gasteiger partial charge in [0.2, 0.25) is 5.91 Å². The van der Waals surface area contributed by atoms with E-state index in [2.05, 4.69) is 15.5 Å². The fraction of sp³-hybridized carbons (Fsp3) is 0.111. The summed E-state index contributed by atoms with van der Waals surface area (Å²) in [4.78, 5) is 23.2. The van der Waals surface area contributed by atoms with Gasteiger partial charge in [0.15, 0.2) is 16.7 Å². The molecular formula is C18H15N3O4S. The van der Waals surface area contributed by atoms with Gasteiger partial charge in [-0.05, 0) is 35.9 Å². The molecule has 1 amide bonds. The lowest BCUT2D eigenvalue weighted by Gasteiger charge is -2.09. The Bertz CT molecular complexity index is 881. The van der Waals surface area contributed by atoms with Crippen LogP contribution in [0.2, 0.25) is 0 Å². The molecule has 132 valence electrons. The number of methoxy groups -OCH3 is 1. The smallest absolute Gasteiger partial charge is 0.343 e. The molecule has 0 atom stereocenters. The van der Waals surface area contributed by atoms with E-state index in [0.717, 1.165) is 0 Å². The Balaban J connectivity index is 1.71. The van der Waals surface area contributed by atoms with Crippen molar-refractivity contribution in [2.24, 2.45) is 10.2 Å². The van der Waals surface area contributed by atoms with E-state index in [9.17, 15) is 9.59 Å². The van der Waals surface area contributed by atoms with Gasteiger partial charge < -0.3 is 14.8 Å². The van der Waals surface area contributed by atoms with E-state index < -0.39 is 5.97 Å². The number of ether oxygens (including phenoxy) is 2. The third-order valence-corrected chi connectivity index (χ3v) is 4.21. The van der Waals surface area contributed by atoms with Crippen LogP contribution in [-0.4, -0.2) is 36.1 Å². The summed E-state index contributed by atoms with van der Waals surface area (Å²) in [5.41, 5.74) is 1.16. The maximum absolute atomic E-state index is 12.2. The molecule has 1 aliphatic rings. The van der Waals surface area contributed by atoms with Gasteiger partial charge in [0, 0.05) is 0 Å². The zero-order valence-electron chi connectivity index (χ0n) is 13.8. The van der Waals surface area contributed by atoms with Gasteiger partial charge in [-0.2, -0.15) is 5.10 Å². The standard InChI is InChI=1S/C18H15N3O4S/c1-24-15-9-12(10-19-21-18-20-16(22)11-26-18)7-8-14(15)25-17(23)13-5-3-2-4-6-13/h2-10H,11H2,1H3,(H,20,21,22)/b19-10+. The Morgan fingerprint density at radius 3 is 2.69 bits per heavy atom. The summed E-state index contributed by atoms with van der Waals surface area (Å²) in [5, 5.41) is 10.9. The lowest BCUT2D eigenvalue weighted by Crippen LogP contribution is -2.19. The summed E-state index contributed by atoms with van der Waals surface area (Å²) in [6.07, 6.45) is 1.52. The second-order valence-electron chi connectivity index (χ2n) is 5.15. The molecule has 2 aromatic carbocycles. The van der Waals surface area contributed by atoms with Crippen molar-refractivity contribution in [3.05, 3.63) is 59.7 Å². The number of nitrogens with zero attached hydrogens (tertiary/aromatic N) is 2. The van der Waals surface area contributed by atoms with Crippen LogP contribution in [0, 0.1) is 0 Å². The molecule has 1 saturated heterocycles. The van der Waals surface area contributed by atoms with Crippen molar-refractivity contribution in [2.45, 2.75) is 0 Å². The minimum Gasteiger partial charge on any atom is -0.493 e. The first-order chi connectivity index (χ1) is 12.7. The van der Waals surface area contributed by atoms with Gasteiger partial charge in [-0.1, -0.05) is 30.0 Å². The molecule has 1 aliphatic heterocycles. The molecule has 0 aromatic heterocycles. The third kappa shape index (κ3) is 4.48. The minimum atomic E-state index is -0.467. The maximum Gasteiger partial charge on any atom is 0.343 e. The third-order valence-electron chi connectivity index (χ3n) is 3.34. The van der Waals surface area contributed by atoms with Gasteiger partial charge in [-0.15, -0.1) is 5.10 Å². The molecule has 1 N–H and O–H groups in total. The quantitative estimate of drug-likeness (QED) is 0.378. The highest BCUT2D eigenvalue weighted by molar-refractivity contribution is 8.15. The predicted octanol–water partition coefficient (Wildman–Crippen LogP) is 2.47. The van der Waals surface area contributed by atoms with Crippen LogP contribution < -0.4 is 14.8 Å². The first kappa shape index (κ1) is 17.7. The normalized spacial score (nSPS) is 15.3. The summed E-state index contributed by atoms with van der Waals surface area (Å²) in [5.74, 6) is 0.502. The van der Waals surface area contributed by atoms with Crippen molar-refractivity contribution in [2.75, 3.05) is 12.9 Å². The van der Waals surface area contributed by atoms with Crippen LogP contribution in [0.5, 0.6) is 11.5 Å². The zero-order chi connectivity index (χ0) is 18.4. The molecule has 26 heavy (non-hydrogen) atoms. The minimum absolute atomic E-state index is 0.0878. The highest BCUT2D eigenvalue weighted by Crippen LogP contribution is 2.28. The largest absolute Gasteiger partial charge is 0.493 e. The number of amides is 1. The van der Waals surface area contributed by atoms with Crippen LogP contribution in [-0.2, 0) is 4.79 Å². The van der Waals surface area contributed by atoms with Gasteiger partial charge in [-0.25, -0.2) is 4.79 Å². The average Bonchev–Trinajstić information content (AvgIpc) is 3.08. The fourth-order valence-corrected chi connectivity index (χ4v) is 2.74. The highest BCUT2D eigenvalue weighted by atomic mass is 32.2. The molecule has 0 aliphatic carbocycles. The monoisotopic (exact) mass is 369 g/mol. The Labute approximate surface area is 154 Å². The van der Waals surface area contributed by atoms with Crippen LogP contribution >= 0.6 is 11.8 Å². The van der Waals surface area contributed by atoms with Crippen LogP contribution in [0.4, 0.5) is 0 Å². The number of hydrogen-bond acceptors (Lipinski definition) is 7. The summed E-state index contributed by atoms with van der Waals surface area (Å²) in [6, 6.07) is 13.7. The molecular weight excluding hydrogens is 354 g/mol. The first-order valence-electron chi connectivity index (χ1n) is 7.64. The van der Waals surface area contributed by atoms with Crippen molar-refractivity contribution in [3.63, 3.8) is 0 Å². The summed E-state index contributed by atoms with van der Waals surface area (Å²) in [6.45, 7) is 0. The SMILES string of the molecule is COc1cc(/C=N/N=C2\NC(=O)CS2)ccc1OC(=O)c1ccccc1. The van der Waals surface area contributed by atoms with Crippen molar-refractivity contribution in [1.29, 1.82) is 0 Å². The topological polar surface area (TPSA) is 89.3 Å². The van der Waals surface area contributed by atoms with E-state index in [-0.39, 0.29) is 5.91 Å². The average molecular weight is 369 g/mol. The summed E-state index contributed by atoms with van der Waals surface area (Å²) < 4.78 is 10.7. The summed E-state index contributed by atoms with van der Waals surface area (Å²) in [7, 11) is 1.49.